The zero-order valence-corrected chi connectivity index (χ0v) is 18.0. The molecule has 10 heteroatoms. The maximum atomic E-state index is 13.9. The fraction of sp³-hybridized carbons (Fsp3) is 0.364. The normalized spacial score (nSPS) is 15.1. The Labute approximate surface area is 183 Å². The van der Waals surface area contributed by atoms with Crippen molar-refractivity contribution >= 4 is 5.82 Å². The lowest BCUT2D eigenvalue weighted by Crippen LogP contribution is -2.45. The Bertz CT molecular complexity index is 1090. The van der Waals surface area contributed by atoms with E-state index in [4.69, 9.17) is 9.47 Å². The molecule has 0 saturated carbocycles. The van der Waals surface area contributed by atoms with Crippen LogP contribution in [0.3, 0.4) is 0 Å². The summed E-state index contributed by atoms with van der Waals surface area (Å²) in [6.45, 7) is 2.38. The summed E-state index contributed by atoms with van der Waals surface area (Å²) in [5, 5.41) is 0. The Hall–Kier alpha value is -3.27. The predicted octanol–water partition coefficient (Wildman–Crippen LogP) is 3.93. The van der Waals surface area contributed by atoms with E-state index in [-0.39, 0.29) is 5.82 Å². The van der Waals surface area contributed by atoms with Crippen molar-refractivity contribution in [3.8, 4) is 34.1 Å². The molecule has 0 spiro atoms. The van der Waals surface area contributed by atoms with Gasteiger partial charge in [0.25, 0.3) is 0 Å². The minimum Gasteiger partial charge on any atom is -0.493 e. The Morgan fingerprint density at radius 1 is 0.906 bits per heavy atom. The van der Waals surface area contributed by atoms with Crippen molar-refractivity contribution in [2.45, 2.75) is 6.18 Å². The van der Waals surface area contributed by atoms with Gasteiger partial charge in [0.05, 0.1) is 31.7 Å². The molecule has 2 aromatic heterocycles. The monoisotopic (exact) mass is 447 g/mol. The van der Waals surface area contributed by atoms with Crippen LogP contribution >= 0.6 is 0 Å². The number of rotatable bonds is 5. The Balaban J connectivity index is 1.67. The fourth-order valence-corrected chi connectivity index (χ4v) is 3.68. The van der Waals surface area contributed by atoms with Crippen molar-refractivity contribution in [2.24, 2.45) is 0 Å². The smallest absolute Gasteiger partial charge is 0.419 e. The van der Waals surface area contributed by atoms with E-state index in [0.29, 0.717) is 60.3 Å². The second-order valence-electron chi connectivity index (χ2n) is 7.60. The third kappa shape index (κ3) is 4.36. The van der Waals surface area contributed by atoms with Gasteiger partial charge < -0.3 is 24.3 Å². The number of nitrogens with one attached hydrogen (secondary N) is 1. The van der Waals surface area contributed by atoms with E-state index in [1.807, 2.05) is 7.05 Å². The van der Waals surface area contributed by atoms with Gasteiger partial charge in [-0.15, -0.1) is 0 Å². The molecule has 1 aromatic carbocycles. The Kier molecular flexibility index (Phi) is 5.96. The Morgan fingerprint density at radius 2 is 1.62 bits per heavy atom. The highest BCUT2D eigenvalue weighted by Gasteiger charge is 2.37. The summed E-state index contributed by atoms with van der Waals surface area (Å²) < 4.78 is 52.2. The molecule has 0 atom stereocenters. The van der Waals surface area contributed by atoms with E-state index in [2.05, 4.69) is 19.9 Å². The summed E-state index contributed by atoms with van der Waals surface area (Å²) in [5.41, 5.74) is 0.723. The largest absolute Gasteiger partial charge is 0.493 e. The molecule has 1 saturated heterocycles. The van der Waals surface area contributed by atoms with Gasteiger partial charge in [-0.2, -0.15) is 13.2 Å². The average Bonchev–Trinajstić information content (AvgIpc) is 3.28. The predicted molar refractivity (Wildman–Crippen MR) is 115 cm³/mol. The second-order valence-corrected chi connectivity index (χ2v) is 7.60. The van der Waals surface area contributed by atoms with Gasteiger partial charge in [0.2, 0.25) is 0 Å². The van der Waals surface area contributed by atoms with Gasteiger partial charge in [0, 0.05) is 43.5 Å². The number of methoxy groups -OCH3 is 2. The van der Waals surface area contributed by atoms with Crippen LogP contribution < -0.4 is 14.4 Å². The number of anilines is 1. The summed E-state index contributed by atoms with van der Waals surface area (Å²) in [6, 6.07) is 6.41. The van der Waals surface area contributed by atoms with Crippen molar-refractivity contribution in [1.29, 1.82) is 0 Å². The molecule has 3 aromatic rings. The third-order valence-corrected chi connectivity index (χ3v) is 5.52. The van der Waals surface area contributed by atoms with Gasteiger partial charge in [0.15, 0.2) is 11.5 Å². The lowest BCUT2D eigenvalue weighted by atomic mass is 10.1. The van der Waals surface area contributed by atoms with Crippen molar-refractivity contribution in [2.75, 3.05) is 52.3 Å². The lowest BCUT2D eigenvalue weighted by Gasteiger charge is -2.34. The molecule has 0 amide bonds. The number of pyridine rings is 1. The number of aromatic amines is 1. The lowest BCUT2D eigenvalue weighted by molar-refractivity contribution is -0.137. The molecule has 3 heterocycles. The highest BCUT2D eigenvalue weighted by atomic mass is 19.4. The number of piperazine rings is 1. The maximum absolute atomic E-state index is 13.9. The van der Waals surface area contributed by atoms with E-state index < -0.39 is 11.7 Å². The van der Waals surface area contributed by atoms with Gasteiger partial charge in [-0.25, -0.2) is 9.97 Å². The first-order valence-electron chi connectivity index (χ1n) is 10.1. The Morgan fingerprint density at radius 3 is 2.28 bits per heavy atom. The minimum atomic E-state index is -4.52. The van der Waals surface area contributed by atoms with E-state index in [9.17, 15) is 13.2 Å². The van der Waals surface area contributed by atoms with Crippen molar-refractivity contribution in [3.63, 3.8) is 0 Å². The number of hydrogen-bond donors (Lipinski definition) is 1. The zero-order chi connectivity index (χ0) is 22.9. The van der Waals surface area contributed by atoms with Crippen LogP contribution in [0.15, 0.2) is 36.7 Å². The van der Waals surface area contributed by atoms with Gasteiger partial charge in [-0.1, -0.05) is 0 Å². The molecule has 32 heavy (non-hydrogen) atoms. The summed E-state index contributed by atoms with van der Waals surface area (Å²) >= 11 is 0. The molecule has 0 unspecified atom stereocenters. The molecule has 1 N–H and O–H groups in total. The second kappa shape index (κ2) is 8.70. The number of hydrogen-bond acceptors (Lipinski definition) is 6. The van der Waals surface area contributed by atoms with Crippen LogP contribution in [0, 0.1) is 0 Å². The number of alkyl halides is 3. The summed E-state index contributed by atoms with van der Waals surface area (Å²) in [6.07, 6.45) is -1.57. The molecule has 0 aliphatic carbocycles. The number of halogens is 3. The van der Waals surface area contributed by atoms with Crippen LogP contribution in [0.25, 0.3) is 22.6 Å². The molecular weight excluding hydrogens is 423 g/mol. The van der Waals surface area contributed by atoms with Gasteiger partial charge in [-0.05, 0) is 31.3 Å². The van der Waals surface area contributed by atoms with Gasteiger partial charge in [0.1, 0.15) is 11.6 Å². The fourth-order valence-electron chi connectivity index (χ4n) is 3.68. The molecule has 0 radical (unpaired) electrons. The highest BCUT2D eigenvalue weighted by molar-refractivity contribution is 5.68. The van der Waals surface area contributed by atoms with Crippen LogP contribution in [0.2, 0.25) is 0 Å². The first-order valence-corrected chi connectivity index (χ1v) is 10.1. The van der Waals surface area contributed by atoms with Crippen LogP contribution in [0.1, 0.15) is 5.56 Å². The summed E-state index contributed by atoms with van der Waals surface area (Å²) in [5.74, 6) is 1.56. The number of ether oxygens (including phenoxy) is 2. The summed E-state index contributed by atoms with van der Waals surface area (Å²) in [4.78, 5) is 15.4. The minimum absolute atomic E-state index is 0.0334. The molecule has 7 nitrogen and oxygen atoms in total. The van der Waals surface area contributed by atoms with Crippen LogP contribution in [-0.2, 0) is 6.18 Å². The number of H-pyrrole nitrogens is 1. The van der Waals surface area contributed by atoms with E-state index in [0.717, 1.165) is 6.07 Å². The quantitative estimate of drug-likeness (QED) is 0.640. The number of likely N-dealkylation sites (N-methyl/N-ethyl adjacent to an activating group) is 1. The topological polar surface area (TPSA) is 66.5 Å². The van der Waals surface area contributed by atoms with E-state index >= 15 is 0 Å². The zero-order valence-electron chi connectivity index (χ0n) is 18.0. The molecule has 4 rings (SSSR count). The molecule has 1 fully saturated rings. The molecule has 170 valence electrons. The molecule has 1 aliphatic rings. The maximum Gasteiger partial charge on any atom is 0.419 e. The van der Waals surface area contributed by atoms with Crippen LogP contribution in [-0.4, -0.2) is 67.3 Å². The van der Waals surface area contributed by atoms with E-state index in [1.54, 1.807) is 30.2 Å². The number of benzene rings is 1. The first-order chi connectivity index (χ1) is 15.3. The van der Waals surface area contributed by atoms with Gasteiger partial charge >= 0.3 is 6.18 Å². The standard InChI is InChI=1S/C22H24F3N5O2/c1-29-6-8-30(9-7-29)21-16(22(23,24)25)10-15(12-27-21)17-13-26-20(28-17)14-4-5-18(31-2)19(11-14)32-3/h4-5,10-13H,6-9H2,1-3H3,(H,26,28). The average molecular weight is 447 g/mol. The SMILES string of the molecule is COc1ccc(-c2ncc(-c3cnc(N4CCN(C)CC4)c(C(F)(F)F)c3)[nH]2)cc1OC. The van der Waals surface area contributed by atoms with Crippen LogP contribution in [0.4, 0.5) is 19.0 Å². The van der Waals surface area contributed by atoms with E-state index in [1.165, 1.54) is 19.5 Å². The first kappa shape index (κ1) is 21.9. The summed E-state index contributed by atoms with van der Waals surface area (Å²) in [7, 11) is 5.02. The third-order valence-electron chi connectivity index (χ3n) is 5.52. The molecular formula is C22H24F3N5O2. The van der Waals surface area contributed by atoms with Crippen LogP contribution in [0.5, 0.6) is 11.5 Å². The van der Waals surface area contributed by atoms with Crippen molar-refractivity contribution < 1.29 is 22.6 Å². The number of imidazole rings is 1. The van der Waals surface area contributed by atoms with Gasteiger partial charge in [-0.3, -0.25) is 0 Å². The van der Waals surface area contributed by atoms with Crippen molar-refractivity contribution in [3.05, 3.63) is 42.2 Å². The molecule has 0 bridgehead atoms. The molecule has 1 aliphatic heterocycles. The number of nitrogens with zero attached hydrogens (tertiary/aromatic N) is 4. The van der Waals surface area contributed by atoms with Crippen molar-refractivity contribution in [1.82, 2.24) is 19.9 Å². The number of aromatic nitrogens is 3. The highest BCUT2D eigenvalue weighted by Crippen LogP contribution is 2.38.